The van der Waals surface area contributed by atoms with Gasteiger partial charge in [-0.1, -0.05) is 60.2 Å². The van der Waals surface area contributed by atoms with Gasteiger partial charge in [0.05, 0.1) is 5.69 Å². The Hall–Kier alpha value is -2.96. The zero-order valence-electron chi connectivity index (χ0n) is 24.0. The van der Waals surface area contributed by atoms with Crippen LogP contribution in [-0.2, 0) is 17.8 Å². The highest BCUT2D eigenvalue weighted by Crippen LogP contribution is 2.38. The lowest BCUT2D eigenvalue weighted by Gasteiger charge is -2.35. The predicted molar refractivity (Wildman–Crippen MR) is 156 cm³/mol. The van der Waals surface area contributed by atoms with Crippen molar-refractivity contribution in [3.8, 4) is 0 Å². The molecule has 2 aliphatic heterocycles. The van der Waals surface area contributed by atoms with E-state index in [2.05, 4.69) is 89.0 Å². The number of piperidine rings is 1. The number of aliphatic carboxylic acids is 1. The first-order valence-corrected chi connectivity index (χ1v) is 14.6. The maximum absolute atomic E-state index is 12.1. The van der Waals surface area contributed by atoms with E-state index < -0.39 is 11.5 Å². The first-order valence-electron chi connectivity index (χ1n) is 14.6. The van der Waals surface area contributed by atoms with Crippen molar-refractivity contribution in [2.75, 3.05) is 32.7 Å². The highest BCUT2D eigenvalue weighted by Gasteiger charge is 2.44. The summed E-state index contributed by atoms with van der Waals surface area (Å²) in [5.74, 6) is 0.562. The van der Waals surface area contributed by atoms with E-state index in [4.69, 9.17) is 5.10 Å². The largest absolute Gasteiger partial charge is 0.480 e. The van der Waals surface area contributed by atoms with Gasteiger partial charge < -0.3 is 10.0 Å². The number of likely N-dealkylation sites (tertiary alicyclic amines) is 2. The summed E-state index contributed by atoms with van der Waals surface area (Å²) in [4.78, 5) is 16.9. The van der Waals surface area contributed by atoms with Crippen LogP contribution in [0.4, 0.5) is 0 Å². The van der Waals surface area contributed by atoms with Gasteiger partial charge in [0, 0.05) is 50.1 Å². The Kier molecular flexibility index (Phi) is 8.24. The van der Waals surface area contributed by atoms with Crippen molar-refractivity contribution in [2.24, 2.45) is 5.92 Å². The highest BCUT2D eigenvalue weighted by molar-refractivity contribution is 5.77. The fraction of sp³-hybridized carbons (Fsp3) is 0.515. The maximum Gasteiger partial charge on any atom is 0.323 e. The zero-order valence-corrected chi connectivity index (χ0v) is 24.0. The first kappa shape index (κ1) is 27.6. The van der Waals surface area contributed by atoms with Gasteiger partial charge >= 0.3 is 5.97 Å². The molecule has 2 aliphatic rings. The second-order valence-electron chi connectivity index (χ2n) is 12.2. The molecule has 3 aromatic rings. The molecule has 0 aliphatic carbocycles. The molecule has 2 saturated heterocycles. The molecule has 0 saturated carbocycles. The van der Waals surface area contributed by atoms with Crippen molar-refractivity contribution in [2.45, 2.75) is 70.9 Å². The van der Waals surface area contributed by atoms with Gasteiger partial charge in [0.15, 0.2) is 0 Å². The van der Waals surface area contributed by atoms with Crippen molar-refractivity contribution < 1.29 is 9.90 Å². The van der Waals surface area contributed by atoms with Crippen LogP contribution in [0, 0.1) is 12.8 Å². The normalized spacial score (nSPS) is 21.4. The molecule has 2 fully saturated rings. The molecule has 1 N–H and O–H groups in total. The third-order valence-corrected chi connectivity index (χ3v) is 9.11. The molecule has 0 unspecified atom stereocenters. The number of carbonyl (C=O) groups is 1. The van der Waals surface area contributed by atoms with Crippen LogP contribution in [0.15, 0.2) is 60.7 Å². The summed E-state index contributed by atoms with van der Waals surface area (Å²) in [6, 6.07) is 21.7. The Morgan fingerprint density at radius 1 is 1.03 bits per heavy atom. The van der Waals surface area contributed by atoms with E-state index in [1.165, 1.54) is 22.4 Å². The summed E-state index contributed by atoms with van der Waals surface area (Å²) in [6.45, 7) is 13.7. The minimum atomic E-state index is -0.861. The molecule has 208 valence electrons. The van der Waals surface area contributed by atoms with E-state index in [1.54, 1.807) is 0 Å². The van der Waals surface area contributed by atoms with Crippen LogP contribution in [-0.4, -0.2) is 68.9 Å². The lowest BCUT2D eigenvalue weighted by molar-refractivity contribution is -0.148. The second kappa shape index (κ2) is 11.6. The van der Waals surface area contributed by atoms with Crippen LogP contribution in [0.2, 0.25) is 0 Å². The van der Waals surface area contributed by atoms with Crippen molar-refractivity contribution in [1.82, 2.24) is 19.6 Å². The van der Waals surface area contributed by atoms with E-state index in [0.717, 1.165) is 64.2 Å². The molecule has 39 heavy (non-hydrogen) atoms. The summed E-state index contributed by atoms with van der Waals surface area (Å²) in [5, 5.41) is 14.9. The number of hydrogen-bond acceptors (Lipinski definition) is 4. The van der Waals surface area contributed by atoms with Crippen molar-refractivity contribution >= 4 is 5.97 Å². The quantitative estimate of drug-likeness (QED) is 0.394. The van der Waals surface area contributed by atoms with E-state index in [-0.39, 0.29) is 0 Å². The summed E-state index contributed by atoms with van der Waals surface area (Å²) < 4.78 is 2.22. The van der Waals surface area contributed by atoms with E-state index >= 15 is 0 Å². The Labute approximate surface area is 233 Å². The molecule has 1 aromatic heterocycles. The summed E-state index contributed by atoms with van der Waals surface area (Å²) in [7, 11) is 0. The Bertz CT molecular complexity index is 1260. The van der Waals surface area contributed by atoms with Gasteiger partial charge in [-0.15, -0.1) is 0 Å². The summed E-state index contributed by atoms with van der Waals surface area (Å²) >= 11 is 0. The lowest BCUT2D eigenvalue weighted by atomic mass is 9.86. The van der Waals surface area contributed by atoms with Crippen molar-refractivity contribution in [3.63, 3.8) is 0 Å². The molecule has 2 aromatic carbocycles. The molecule has 2 atom stereocenters. The van der Waals surface area contributed by atoms with Crippen LogP contribution in [0.5, 0.6) is 0 Å². The highest BCUT2D eigenvalue weighted by atomic mass is 16.4. The van der Waals surface area contributed by atoms with Crippen molar-refractivity contribution in [1.29, 1.82) is 0 Å². The van der Waals surface area contributed by atoms with Gasteiger partial charge in [0.2, 0.25) is 0 Å². The molecule has 0 bridgehead atoms. The van der Waals surface area contributed by atoms with E-state index in [0.29, 0.717) is 17.8 Å². The van der Waals surface area contributed by atoms with E-state index in [1.807, 2.05) is 13.8 Å². The minimum absolute atomic E-state index is 0.350. The lowest BCUT2D eigenvalue weighted by Crippen LogP contribution is -2.49. The SMILES string of the molecule is CCn1nc(Cc2ccccc2)cc1C1CCN(C[C@H]2CN(C(C)(C)C(=O)O)C[C@@H]2c2cccc(C)c2)CC1. The van der Waals surface area contributed by atoms with Gasteiger partial charge in [-0.3, -0.25) is 14.4 Å². The van der Waals surface area contributed by atoms with Crippen LogP contribution in [0.1, 0.15) is 73.5 Å². The van der Waals surface area contributed by atoms with Gasteiger partial charge in [0.1, 0.15) is 5.54 Å². The van der Waals surface area contributed by atoms with Crippen LogP contribution in [0.3, 0.4) is 0 Å². The monoisotopic (exact) mass is 528 g/mol. The topological polar surface area (TPSA) is 61.6 Å². The molecular formula is C33H44N4O2. The third-order valence-electron chi connectivity index (χ3n) is 9.11. The standard InChI is InChI=1S/C33H44N4O2/c1-5-37-31(20-29(34-37)19-25-11-7-6-8-12-25)26-14-16-35(17-15-26)21-28-22-36(33(3,4)32(38)39)23-30(28)27-13-9-10-24(2)18-27/h6-13,18,20,26,28,30H,5,14-17,19,21-23H2,1-4H3,(H,38,39)/t28-,30+/m0/s1. The summed E-state index contributed by atoms with van der Waals surface area (Å²) in [5.41, 5.74) is 5.60. The third kappa shape index (κ3) is 6.12. The second-order valence-corrected chi connectivity index (χ2v) is 12.2. The van der Waals surface area contributed by atoms with Gasteiger partial charge in [-0.25, -0.2) is 0 Å². The Balaban J connectivity index is 1.25. The number of aromatic nitrogens is 2. The Morgan fingerprint density at radius 2 is 1.77 bits per heavy atom. The molecule has 0 radical (unpaired) electrons. The smallest absolute Gasteiger partial charge is 0.323 e. The van der Waals surface area contributed by atoms with Crippen LogP contribution >= 0.6 is 0 Å². The number of hydrogen-bond donors (Lipinski definition) is 1. The van der Waals surface area contributed by atoms with Gasteiger partial charge in [0.25, 0.3) is 0 Å². The fourth-order valence-electron chi connectivity index (χ4n) is 6.63. The van der Waals surface area contributed by atoms with E-state index in [9.17, 15) is 9.90 Å². The molecule has 6 nitrogen and oxygen atoms in total. The maximum atomic E-state index is 12.1. The minimum Gasteiger partial charge on any atom is -0.480 e. The number of rotatable bonds is 9. The van der Waals surface area contributed by atoms with Crippen molar-refractivity contribution in [3.05, 3.63) is 88.7 Å². The summed E-state index contributed by atoms with van der Waals surface area (Å²) in [6.07, 6.45) is 3.16. The molecule has 0 amide bonds. The fourth-order valence-corrected chi connectivity index (χ4v) is 6.63. The molecule has 6 heteroatoms. The zero-order chi connectivity index (χ0) is 27.6. The Morgan fingerprint density at radius 3 is 2.44 bits per heavy atom. The average molecular weight is 529 g/mol. The molecule has 0 spiro atoms. The number of carboxylic acid groups (broad SMARTS) is 1. The van der Waals surface area contributed by atoms with Gasteiger partial charge in [-0.05, 0) is 76.7 Å². The number of aryl methyl sites for hydroxylation is 2. The van der Waals surface area contributed by atoms with Crippen LogP contribution in [0.25, 0.3) is 0 Å². The predicted octanol–water partition coefficient (Wildman–Crippen LogP) is 5.56. The van der Waals surface area contributed by atoms with Gasteiger partial charge in [-0.2, -0.15) is 5.10 Å². The number of nitrogens with zero attached hydrogens (tertiary/aromatic N) is 4. The van der Waals surface area contributed by atoms with Crippen LogP contribution < -0.4 is 0 Å². The number of benzene rings is 2. The molecule has 5 rings (SSSR count). The number of carboxylic acids is 1. The first-order chi connectivity index (χ1) is 18.7. The average Bonchev–Trinajstić information content (AvgIpc) is 3.54. The molecule has 3 heterocycles. The molecular weight excluding hydrogens is 484 g/mol.